The summed E-state index contributed by atoms with van der Waals surface area (Å²) in [5.74, 6) is 0.00431. The molecule has 2 unspecified atom stereocenters. The van der Waals surface area contributed by atoms with Gasteiger partial charge in [-0.1, -0.05) is 0 Å². The van der Waals surface area contributed by atoms with E-state index in [1.54, 1.807) is 7.11 Å². The number of nitrogens with zero attached hydrogens (tertiary/aromatic N) is 2. The van der Waals surface area contributed by atoms with Gasteiger partial charge in [-0.3, -0.25) is 4.79 Å². The molecule has 0 aromatic heterocycles. The fourth-order valence-corrected chi connectivity index (χ4v) is 2.16. The molecule has 5 nitrogen and oxygen atoms in total. The van der Waals surface area contributed by atoms with Gasteiger partial charge in [-0.15, -0.1) is 0 Å². The van der Waals surface area contributed by atoms with Gasteiger partial charge in [-0.2, -0.15) is 0 Å². The van der Waals surface area contributed by atoms with Crippen molar-refractivity contribution in [3.63, 3.8) is 0 Å². The number of methoxy groups -OCH3 is 1. The van der Waals surface area contributed by atoms with Gasteiger partial charge in [0, 0.05) is 26.2 Å². The Balaban J connectivity index is 2.59. The summed E-state index contributed by atoms with van der Waals surface area (Å²) in [5.41, 5.74) is 5.78. The Labute approximate surface area is 97.5 Å². The van der Waals surface area contributed by atoms with Gasteiger partial charge >= 0.3 is 0 Å². The van der Waals surface area contributed by atoms with Crippen LogP contribution in [0.25, 0.3) is 0 Å². The molecular weight excluding hydrogens is 206 g/mol. The lowest BCUT2D eigenvalue weighted by atomic mass is 10.2. The smallest absolute Gasteiger partial charge is 0.242 e. The third-order valence-electron chi connectivity index (χ3n) is 2.99. The van der Waals surface area contributed by atoms with E-state index in [-0.39, 0.29) is 18.6 Å². The summed E-state index contributed by atoms with van der Waals surface area (Å²) in [6, 6.07) is -0.307. The molecule has 1 aliphatic heterocycles. The van der Waals surface area contributed by atoms with E-state index in [9.17, 15) is 4.79 Å². The van der Waals surface area contributed by atoms with Crippen LogP contribution in [0.4, 0.5) is 0 Å². The Morgan fingerprint density at radius 3 is 2.88 bits per heavy atom. The maximum atomic E-state index is 12.1. The highest BCUT2D eigenvalue weighted by Crippen LogP contribution is 2.09. The summed E-state index contributed by atoms with van der Waals surface area (Å²) in [6.45, 7) is 5.10. The summed E-state index contributed by atoms with van der Waals surface area (Å²) in [7, 11) is 3.65. The molecule has 5 heteroatoms. The Bertz CT molecular complexity index is 235. The van der Waals surface area contributed by atoms with Crippen LogP contribution in [0, 0.1) is 0 Å². The van der Waals surface area contributed by atoms with Crippen LogP contribution in [0.1, 0.15) is 13.3 Å². The average molecular weight is 229 g/mol. The van der Waals surface area contributed by atoms with Gasteiger partial charge in [0.15, 0.2) is 0 Å². The lowest BCUT2D eigenvalue weighted by molar-refractivity contribution is -0.135. The second-order valence-electron chi connectivity index (χ2n) is 4.56. The van der Waals surface area contributed by atoms with Crippen molar-refractivity contribution in [2.24, 2.45) is 5.73 Å². The van der Waals surface area contributed by atoms with Crippen molar-refractivity contribution in [2.45, 2.75) is 25.4 Å². The molecule has 1 saturated heterocycles. The molecule has 16 heavy (non-hydrogen) atoms. The first-order chi connectivity index (χ1) is 7.56. The van der Waals surface area contributed by atoms with Gasteiger partial charge in [-0.05, 0) is 26.9 Å². The van der Waals surface area contributed by atoms with Crippen molar-refractivity contribution in [3.8, 4) is 0 Å². The third kappa shape index (κ3) is 3.43. The van der Waals surface area contributed by atoms with E-state index in [1.807, 2.05) is 4.90 Å². The van der Waals surface area contributed by atoms with Crippen molar-refractivity contribution < 1.29 is 9.53 Å². The van der Waals surface area contributed by atoms with Gasteiger partial charge in [-0.25, -0.2) is 0 Å². The van der Waals surface area contributed by atoms with Crippen molar-refractivity contribution in [1.82, 2.24) is 9.80 Å². The lowest BCUT2D eigenvalue weighted by Gasteiger charge is -2.30. The van der Waals surface area contributed by atoms with Gasteiger partial charge in [0.05, 0.1) is 6.61 Å². The summed E-state index contributed by atoms with van der Waals surface area (Å²) < 4.78 is 4.92. The standard InChI is InChI=1S/C11H23N3O2/c1-9-7-13(2)5-4-6-14(9)11(15)10(12)8-16-3/h9-10H,4-8,12H2,1-3H3. The van der Waals surface area contributed by atoms with E-state index in [0.29, 0.717) is 0 Å². The number of amides is 1. The molecule has 94 valence electrons. The molecule has 0 aliphatic carbocycles. The Morgan fingerprint density at radius 2 is 2.25 bits per heavy atom. The number of rotatable bonds is 3. The molecule has 1 aliphatic rings. The van der Waals surface area contributed by atoms with E-state index >= 15 is 0 Å². The Hall–Kier alpha value is -0.650. The molecule has 1 rings (SSSR count). The summed E-state index contributed by atoms with van der Waals surface area (Å²) >= 11 is 0. The van der Waals surface area contributed by atoms with Crippen LogP contribution in [0.15, 0.2) is 0 Å². The molecule has 0 spiro atoms. The zero-order chi connectivity index (χ0) is 12.1. The van der Waals surface area contributed by atoms with Crippen molar-refractivity contribution in [2.75, 3.05) is 40.4 Å². The van der Waals surface area contributed by atoms with Crippen LogP contribution in [0.5, 0.6) is 0 Å². The predicted octanol–water partition coefficient (Wildman–Crippen LogP) is -0.487. The predicted molar refractivity (Wildman–Crippen MR) is 63.1 cm³/mol. The topological polar surface area (TPSA) is 58.8 Å². The number of carbonyl (C=O) groups is 1. The Kier molecular flexibility index (Phi) is 5.18. The second-order valence-corrected chi connectivity index (χ2v) is 4.56. The molecule has 0 saturated carbocycles. The molecule has 0 radical (unpaired) electrons. The van der Waals surface area contributed by atoms with Crippen LogP contribution in [-0.2, 0) is 9.53 Å². The fourth-order valence-electron chi connectivity index (χ4n) is 2.16. The van der Waals surface area contributed by atoms with Gasteiger partial charge in [0.1, 0.15) is 6.04 Å². The zero-order valence-corrected chi connectivity index (χ0v) is 10.5. The number of nitrogens with two attached hydrogens (primary N) is 1. The number of carbonyl (C=O) groups excluding carboxylic acids is 1. The quantitative estimate of drug-likeness (QED) is 0.709. The van der Waals surface area contributed by atoms with Gasteiger partial charge in [0.2, 0.25) is 5.91 Å². The van der Waals surface area contributed by atoms with Crippen LogP contribution < -0.4 is 5.73 Å². The van der Waals surface area contributed by atoms with Crippen molar-refractivity contribution in [1.29, 1.82) is 0 Å². The largest absolute Gasteiger partial charge is 0.383 e. The molecule has 0 aromatic rings. The normalized spacial score (nSPS) is 25.2. The molecule has 0 aromatic carbocycles. The number of hydrogen-bond acceptors (Lipinski definition) is 4. The molecule has 2 atom stereocenters. The molecule has 0 bridgehead atoms. The SMILES string of the molecule is COCC(N)C(=O)N1CCCN(C)CC1C. The van der Waals surface area contributed by atoms with E-state index in [4.69, 9.17) is 10.5 Å². The molecule has 2 N–H and O–H groups in total. The van der Waals surface area contributed by atoms with E-state index < -0.39 is 6.04 Å². The highest BCUT2D eigenvalue weighted by molar-refractivity contribution is 5.82. The first-order valence-corrected chi connectivity index (χ1v) is 5.79. The monoisotopic (exact) mass is 229 g/mol. The average Bonchev–Trinajstić information content (AvgIpc) is 2.38. The summed E-state index contributed by atoms with van der Waals surface area (Å²) in [5, 5.41) is 0. The maximum absolute atomic E-state index is 12.1. The highest BCUT2D eigenvalue weighted by Gasteiger charge is 2.27. The van der Waals surface area contributed by atoms with E-state index in [0.717, 1.165) is 26.1 Å². The number of hydrogen-bond donors (Lipinski definition) is 1. The zero-order valence-electron chi connectivity index (χ0n) is 10.5. The van der Waals surface area contributed by atoms with Crippen molar-refractivity contribution in [3.05, 3.63) is 0 Å². The minimum atomic E-state index is -0.532. The van der Waals surface area contributed by atoms with Crippen LogP contribution >= 0.6 is 0 Å². The van der Waals surface area contributed by atoms with Crippen molar-refractivity contribution >= 4 is 5.91 Å². The highest BCUT2D eigenvalue weighted by atomic mass is 16.5. The van der Waals surface area contributed by atoms with Gasteiger partial charge < -0.3 is 20.3 Å². The molecule has 1 heterocycles. The van der Waals surface area contributed by atoms with Crippen LogP contribution in [0.2, 0.25) is 0 Å². The van der Waals surface area contributed by atoms with Gasteiger partial charge in [0.25, 0.3) is 0 Å². The second kappa shape index (κ2) is 6.18. The maximum Gasteiger partial charge on any atom is 0.242 e. The first kappa shape index (κ1) is 13.4. The summed E-state index contributed by atoms with van der Waals surface area (Å²) in [6.07, 6.45) is 1.01. The first-order valence-electron chi connectivity index (χ1n) is 5.79. The lowest BCUT2D eigenvalue weighted by Crippen LogP contribution is -2.50. The van der Waals surface area contributed by atoms with E-state index in [1.165, 1.54) is 0 Å². The molecule has 1 amide bonds. The number of likely N-dealkylation sites (N-methyl/N-ethyl adjacent to an activating group) is 1. The third-order valence-corrected chi connectivity index (χ3v) is 2.99. The van der Waals surface area contributed by atoms with Crippen LogP contribution in [-0.4, -0.2) is 68.2 Å². The minimum Gasteiger partial charge on any atom is -0.383 e. The molecular formula is C11H23N3O2. The molecule has 1 fully saturated rings. The Morgan fingerprint density at radius 1 is 1.56 bits per heavy atom. The van der Waals surface area contributed by atoms with E-state index in [2.05, 4.69) is 18.9 Å². The fraction of sp³-hybridized carbons (Fsp3) is 0.909. The minimum absolute atomic E-state index is 0.00431. The number of ether oxygens (including phenoxy) is 1. The van der Waals surface area contributed by atoms with Crippen LogP contribution in [0.3, 0.4) is 0 Å². The summed E-state index contributed by atoms with van der Waals surface area (Å²) in [4.78, 5) is 16.2.